The van der Waals surface area contributed by atoms with Gasteiger partial charge in [0, 0.05) is 31.8 Å². The molecule has 1 aliphatic heterocycles. The van der Waals surface area contributed by atoms with Crippen molar-refractivity contribution in [3.63, 3.8) is 0 Å². The minimum Gasteiger partial charge on any atom is -0.505 e. The van der Waals surface area contributed by atoms with Crippen molar-refractivity contribution in [3.05, 3.63) is 44.8 Å². The quantitative estimate of drug-likeness (QED) is 0.408. The third kappa shape index (κ3) is 11.1. The SMILES string of the molecule is [CH2-]C1CON=C(CCNCc2cncc(OC)c2)O1.[CH2-]CCC[CH2-].[Li+]. The molecule has 7 heteroatoms. The Bertz CT molecular complexity index is 484. The van der Waals surface area contributed by atoms with Gasteiger partial charge in [-0.25, -0.2) is 0 Å². The molecule has 0 spiro atoms. The molecule has 1 unspecified atom stereocenters. The zero-order valence-electron chi connectivity index (χ0n) is 15.5. The van der Waals surface area contributed by atoms with Gasteiger partial charge in [0.2, 0.25) is 5.90 Å². The van der Waals surface area contributed by atoms with Crippen LogP contribution < -0.4 is 28.9 Å². The summed E-state index contributed by atoms with van der Waals surface area (Å²) in [7, 11) is 1.63. The van der Waals surface area contributed by atoms with Crippen LogP contribution in [0, 0.1) is 20.8 Å². The maximum Gasteiger partial charge on any atom is 1.00 e. The first-order chi connectivity index (χ1) is 11.7. The summed E-state index contributed by atoms with van der Waals surface area (Å²) in [6, 6.07) is 1.95. The molecule has 1 N–H and O–H groups in total. The van der Waals surface area contributed by atoms with Crippen LogP contribution in [-0.2, 0) is 16.1 Å². The summed E-state index contributed by atoms with van der Waals surface area (Å²) < 4.78 is 10.5. The van der Waals surface area contributed by atoms with Crippen molar-refractivity contribution in [2.24, 2.45) is 5.16 Å². The molecule has 6 nitrogen and oxygen atoms in total. The van der Waals surface area contributed by atoms with Crippen LogP contribution in [0.5, 0.6) is 5.75 Å². The number of ether oxygens (including phenoxy) is 2. The molecule has 1 aromatic rings. The summed E-state index contributed by atoms with van der Waals surface area (Å²) in [6.07, 6.45) is 7.21. The van der Waals surface area contributed by atoms with Crippen molar-refractivity contribution in [1.29, 1.82) is 0 Å². The summed E-state index contributed by atoms with van der Waals surface area (Å²) in [6.45, 7) is 12.9. The molecule has 0 fully saturated rings. The summed E-state index contributed by atoms with van der Waals surface area (Å²) in [4.78, 5) is 9.08. The van der Waals surface area contributed by atoms with Gasteiger partial charge in [-0.05, 0) is 11.6 Å². The fourth-order valence-corrected chi connectivity index (χ4v) is 1.82. The normalized spacial score (nSPS) is 15.5. The Labute approximate surface area is 163 Å². The maximum absolute atomic E-state index is 5.42. The van der Waals surface area contributed by atoms with Crippen molar-refractivity contribution in [2.45, 2.75) is 38.3 Å². The van der Waals surface area contributed by atoms with E-state index in [0.717, 1.165) is 30.7 Å². The van der Waals surface area contributed by atoms with Gasteiger partial charge in [-0.15, -0.1) is 6.42 Å². The van der Waals surface area contributed by atoms with Gasteiger partial charge in [-0.3, -0.25) is 11.9 Å². The second-order valence-electron chi connectivity index (χ2n) is 5.24. The molecule has 0 saturated carbocycles. The van der Waals surface area contributed by atoms with Crippen molar-refractivity contribution in [2.75, 3.05) is 20.3 Å². The molecular weight excluding hydrogens is 313 g/mol. The maximum atomic E-state index is 5.42. The van der Waals surface area contributed by atoms with Crippen LogP contribution >= 0.6 is 0 Å². The molecule has 1 atom stereocenters. The standard InChI is InChI=1S/C13H18N3O3.C5H10.Li/c1-10-9-18-16-13(19-10)3-4-14-6-11-5-12(17-2)8-15-7-11;1-3-5-4-2;/h5,7-8,10,14H,1,3-4,6,9H2,2H3;1-5H2;/q-1;-2;+1. The van der Waals surface area contributed by atoms with E-state index >= 15 is 0 Å². The Morgan fingerprint density at radius 3 is 2.68 bits per heavy atom. The first-order valence-corrected chi connectivity index (χ1v) is 8.15. The van der Waals surface area contributed by atoms with Gasteiger partial charge in [0.15, 0.2) is 0 Å². The molecule has 0 aromatic carbocycles. The van der Waals surface area contributed by atoms with Gasteiger partial charge in [0.05, 0.1) is 13.3 Å². The molecule has 0 amide bonds. The average Bonchev–Trinajstić information content (AvgIpc) is 2.60. The number of methoxy groups -OCH3 is 1. The third-order valence-electron chi connectivity index (χ3n) is 3.08. The average molecular weight is 341 g/mol. The number of aromatic nitrogens is 1. The monoisotopic (exact) mass is 341 g/mol. The number of rotatable bonds is 8. The van der Waals surface area contributed by atoms with Crippen LogP contribution in [0.4, 0.5) is 0 Å². The van der Waals surface area contributed by atoms with Crippen molar-refractivity contribution in [1.82, 2.24) is 10.3 Å². The number of hydrogen-bond acceptors (Lipinski definition) is 6. The van der Waals surface area contributed by atoms with Gasteiger partial charge in [0.25, 0.3) is 0 Å². The largest absolute Gasteiger partial charge is 1.00 e. The summed E-state index contributed by atoms with van der Waals surface area (Å²) in [5, 5.41) is 7.12. The molecule has 2 rings (SSSR count). The molecule has 1 aliphatic rings. The molecule has 25 heavy (non-hydrogen) atoms. The topological polar surface area (TPSA) is 65.0 Å². The molecule has 136 valence electrons. The van der Waals surface area contributed by atoms with Gasteiger partial charge in [0.1, 0.15) is 12.4 Å². The Hall–Kier alpha value is -1.22. The van der Waals surface area contributed by atoms with E-state index in [1.54, 1.807) is 19.5 Å². The van der Waals surface area contributed by atoms with E-state index in [-0.39, 0.29) is 25.0 Å². The number of hydrogen-bond donors (Lipinski definition) is 1. The Morgan fingerprint density at radius 2 is 2.08 bits per heavy atom. The van der Waals surface area contributed by atoms with Gasteiger partial charge in [-0.1, -0.05) is 5.16 Å². The Kier molecular flexibility index (Phi) is 14.3. The van der Waals surface area contributed by atoms with Gasteiger partial charge in [-0.2, -0.15) is 12.8 Å². The van der Waals surface area contributed by atoms with E-state index in [1.165, 1.54) is 6.42 Å². The number of unbranched alkanes of at least 4 members (excludes halogenated alkanes) is 2. The smallest absolute Gasteiger partial charge is 0.505 e. The van der Waals surface area contributed by atoms with Crippen molar-refractivity contribution < 1.29 is 33.2 Å². The number of nitrogens with one attached hydrogen (secondary N) is 1. The fraction of sp³-hybridized carbons (Fsp3) is 0.500. The second-order valence-corrected chi connectivity index (χ2v) is 5.24. The molecule has 0 aliphatic carbocycles. The predicted molar refractivity (Wildman–Crippen MR) is 95.3 cm³/mol. The van der Waals surface area contributed by atoms with Crippen molar-refractivity contribution >= 4 is 5.90 Å². The minimum atomic E-state index is -0.171. The van der Waals surface area contributed by atoms with E-state index in [1.807, 2.05) is 6.07 Å². The van der Waals surface area contributed by atoms with E-state index < -0.39 is 0 Å². The molecule has 0 bridgehead atoms. The van der Waals surface area contributed by atoms with Gasteiger partial charge < -0.3 is 33.5 Å². The second kappa shape index (κ2) is 15.1. The van der Waals surface area contributed by atoms with Crippen LogP contribution in [0.25, 0.3) is 0 Å². The number of pyridine rings is 1. The Balaban J connectivity index is 0.000000848. The predicted octanol–water partition coefficient (Wildman–Crippen LogP) is -0.0382. The first kappa shape index (κ1) is 23.8. The zero-order valence-corrected chi connectivity index (χ0v) is 15.5. The molecule has 2 heterocycles. The number of oxime groups is 1. The van der Waals surface area contributed by atoms with E-state index in [9.17, 15) is 0 Å². The van der Waals surface area contributed by atoms with Gasteiger partial charge >= 0.3 is 18.9 Å². The van der Waals surface area contributed by atoms with E-state index in [4.69, 9.17) is 14.3 Å². The van der Waals surface area contributed by atoms with Crippen LogP contribution in [0.15, 0.2) is 23.6 Å². The number of nitrogens with zero attached hydrogens (tertiary/aromatic N) is 2. The zero-order chi connectivity index (χ0) is 17.6. The van der Waals surface area contributed by atoms with Crippen molar-refractivity contribution in [3.8, 4) is 5.75 Å². The molecule has 0 radical (unpaired) electrons. The fourth-order valence-electron chi connectivity index (χ4n) is 1.82. The molecule has 1 aromatic heterocycles. The van der Waals surface area contributed by atoms with Crippen LogP contribution in [-0.4, -0.2) is 37.2 Å². The third-order valence-corrected chi connectivity index (χ3v) is 3.08. The van der Waals surface area contributed by atoms with E-state index in [0.29, 0.717) is 25.5 Å². The summed E-state index contributed by atoms with van der Waals surface area (Å²) in [5.74, 6) is 1.34. The first-order valence-electron chi connectivity index (χ1n) is 8.15. The molecular formula is C18H28LiN3O3-2. The van der Waals surface area contributed by atoms with Crippen LogP contribution in [0.2, 0.25) is 0 Å². The summed E-state index contributed by atoms with van der Waals surface area (Å²) >= 11 is 0. The van der Waals surface area contributed by atoms with Crippen LogP contribution in [0.1, 0.15) is 31.2 Å². The summed E-state index contributed by atoms with van der Waals surface area (Å²) in [5.41, 5.74) is 1.07. The molecule has 0 saturated heterocycles. The minimum absolute atomic E-state index is 0. The van der Waals surface area contributed by atoms with Crippen LogP contribution in [0.3, 0.4) is 0 Å². The van der Waals surface area contributed by atoms with E-state index in [2.05, 4.69) is 36.2 Å². The Morgan fingerprint density at radius 1 is 1.32 bits per heavy atom.